The van der Waals surface area contributed by atoms with Crippen LogP contribution in [-0.4, -0.2) is 15.9 Å². The first-order valence-corrected chi connectivity index (χ1v) is 2.64. The van der Waals surface area contributed by atoms with Crippen molar-refractivity contribution in [2.75, 3.05) is 0 Å². The lowest BCUT2D eigenvalue weighted by molar-refractivity contribution is 0.0998. The number of azo groups is 1. The Morgan fingerprint density at radius 2 is 2.20 bits per heavy atom. The fourth-order valence-electron chi connectivity index (χ4n) is 0.707. The zero-order valence-electron chi connectivity index (χ0n) is 4.85. The van der Waals surface area contributed by atoms with Crippen LogP contribution in [0.4, 0.5) is 5.69 Å². The van der Waals surface area contributed by atoms with E-state index in [1.807, 2.05) is 0 Å². The molecular weight excluding hydrogens is 132 g/mol. The maximum absolute atomic E-state index is 10.7. The highest BCUT2D eigenvalue weighted by atomic mass is 16.2. The zero-order valence-corrected chi connectivity index (χ0v) is 4.85. The Balaban J connectivity index is 2.70. The van der Waals surface area contributed by atoms with Crippen LogP contribution in [0.1, 0.15) is 10.5 Å². The number of hydrogen-bond acceptors (Lipinski definition) is 4. The number of hydrogen-bond donors (Lipinski definition) is 0. The van der Waals surface area contributed by atoms with Crippen LogP contribution in [0.15, 0.2) is 22.8 Å². The van der Waals surface area contributed by atoms with Crippen molar-refractivity contribution in [1.29, 1.82) is 0 Å². The molecule has 1 aliphatic heterocycles. The minimum atomic E-state index is -0.391. The third kappa shape index (κ3) is 0.540. The van der Waals surface area contributed by atoms with E-state index in [0.717, 1.165) is 0 Å². The second-order valence-corrected chi connectivity index (χ2v) is 1.76. The lowest BCUT2D eigenvalue weighted by atomic mass is 10.4. The zero-order chi connectivity index (χ0) is 6.97. The first-order chi connectivity index (χ1) is 4.88. The number of aromatic nitrogens is 2. The van der Waals surface area contributed by atoms with Gasteiger partial charge in [0.2, 0.25) is 0 Å². The molecule has 5 nitrogen and oxygen atoms in total. The third-order valence-corrected chi connectivity index (χ3v) is 1.14. The van der Waals surface area contributed by atoms with Crippen LogP contribution >= 0.6 is 0 Å². The van der Waals surface area contributed by atoms with Gasteiger partial charge in [0, 0.05) is 0 Å². The summed E-state index contributed by atoms with van der Waals surface area (Å²) in [7, 11) is 0. The molecule has 0 spiro atoms. The van der Waals surface area contributed by atoms with Gasteiger partial charge in [0.15, 0.2) is 5.69 Å². The molecular formula is C5H2N4O. The molecule has 0 saturated heterocycles. The molecule has 48 valence electrons. The van der Waals surface area contributed by atoms with E-state index in [1.54, 1.807) is 0 Å². The second-order valence-electron chi connectivity index (χ2n) is 1.76. The smallest absolute Gasteiger partial charge is 0.263 e. The van der Waals surface area contributed by atoms with Gasteiger partial charge < -0.3 is 0 Å². The standard InChI is InChI=1S/C5H2N4O/c10-5-4-3(8-9-5)1-6-2-7-4/h1-2H. The second kappa shape index (κ2) is 1.66. The average molecular weight is 134 g/mol. The molecule has 10 heavy (non-hydrogen) atoms. The van der Waals surface area contributed by atoms with Gasteiger partial charge in [-0.3, -0.25) is 4.79 Å². The summed E-state index contributed by atoms with van der Waals surface area (Å²) < 4.78 is 0. The molecule has 2 rings (SSSR count). The van der Waals surface area contributed by atoms with E-state index in [1.165, 1.54) is 12.5 Å². The molecule has 0 atom stereocenters. The molecule has 0 aromatic carbocycles. The third-order valence-electron chi connectivity index (χ3n) is 1.14. The number of carbonyl (C=O) groups excluding carboxylic acids is 1. The molecule has 0 N–H and O–H groups in total. The molecule has 1 aliphatic rings. The van der Waals surface area contributed by atoms with Crippen LogP contribution < -0.4 is 0 Å². The number of carbonyl (C=O) groups is 1. The SMILES string of the molecule is O=C1N=Nc2cncnc21. The van der Waals surface area contributed by atoms with Crippen molar-refractivity contribution < 1.29 is 4.79 Å². The fourth-order valence-corrected chi connectivity index (χ4v) is 0.707. The predicted molar refractivity (Wildman–Crippen MR) is 30.9 cm³/mol. The van der Waals surface area contributed by atoms with Gasteiger partial charge in [-0.25, -0.2) is 9.97 Å². The molecule has 5 heteroatoms. The minimum absolute atomic E-state index is 0.287. The van der Waals surface area contributed by atoms with Gasteiger partial charge >= 0.3 is 5.91 Å². The van der Waals surface area contributed by atoms with Gasteiger partial charge in [-0.2, -0.15) is 0 Å². The van der Waals surface area contributed by atoms with Crippen molar-refractivity contribution in [3.05, 3.63) is 18.2 Å². The van der Waals surface area contributed by atoms with Crippen molar-refractivity contribution in [1.82, 2.24) is 9.97 Å². The Bertz CT molecular complexity index is 319. The van der Waals surface area contributed by atoms with Crippen LogP contribution in [0.2, 0.25) is 0 Å². The van der Waals surface area contributed by atoms with Crippen LogP contribution in [-0.2, 0) is 0 Å². The Kier molecular flexibility index (Phi) is 0.858. The highest BCUT2D eigenvalue weighted by Gasteiger charge is 2.17. The van der Waals surface area contributed by atoms with Crippen LogP contribution in [0.5, 0.6) is 0 Å². The lowest BCUT2D eigenvalue weighted by Gasteiger charge is -1.86. The molecule has 0 saturated carbocycles. The van der Waals surface area contributed by atoms with Crippen molar-refractivity contribution in [3.8, 4) is 0 Å². The number of rotatable bonds is 0. The molecule has 1 amide bonds. The topological polar surface area (TPSA) is 67.6 Å². The van der Waals surface area contributed by atoms with Crippen molar-refractivity contribution >= 4 is 11.6 Å². The number of nitrogens with zero attached hydrogens (tertiary/aromatic N) is 4. The van der Waals surface area contributed by atoms with Gasteiger partial charge in [-0.05, 0) is 0 Å². The summed E-state index contributed by atoms with van der Waals surface area (Å²) in [6.45, 7) is 0. The summed E-state index contributed by atoms with van der Waals surface area (Å²) in [5, 5.41) is 6.82. The molecule has 0 radical (unpaired) electrons. The maximum Gasteiger partial charge on any atom is 0.316 e. The number of amides is 1. The molecule has 0 fully saturated rings. The lowest BCUT2D eigenvalue weighted by Crippen LogP contribution is -1.92. The Hall–Kier alpha value is -1.65. The van der Waals surface area contributed by atoms with Crippen LogP contribution in [0.3, 0.4) is 0 Å². The van der Waals surface area contributed by atoms with Gasteiger partial charge in [-0.1, -0.05) is 0 Å². The van der Waals surface area contributed by atoms with Gasteiger partial charge in [0.05, 0.1) is 6.20 Å². The molecule has 2 heterocycles. The Morgan fingerprint density at radius 3 is 3.00 bits per heavy atom. The van der Waals surface area contributed by atoms with E-state index in [2.05, 4.69) is 20.2 Å². The van der Waals surface area contributed by atoms with Gasteiger partial charge in [0.25, 0.3) is 0 Å². The quantitative estimate of drug-likeness (QED) is 0.524. The first-order valence-electron chi connectivity index (χ1n) is 2.64. The van der Waals surface area contributed by atoms with E-state index in [9.17, 15) is 4.79 Å². The van der Waals surface area contributed by atoms with E-state index in [-0.39, 0.29) is 5.69 Å². The van der Waals surface area contributed by atoms with Crippen molar-refractivity contribution in [2.45, 2.75) is 0 Å². The largest absolute Gasteiger partial charge is 0.316 e. The van der Waals surface area contributed by atoms with Crippen molar-refractivity contribution in [2.24, 2.45) is 10.2 Å². The monoisotopic (exact) mass is 134 g/mol. The normalized spacial score (nSPS) is 13.8. The van der Waals surface area contributed by atoms with E-state index in [0.29, 0.717) is 5.69 Å². The Labute approximate surface area is 55.8 Å². The summed E-state index contributed by atoms with van der Waals surface area (Å²) in [6.07, 6.45) is 2.75. The Morgan fingerprint density at radius 1 is 1.30 bits per heavy atom. The highest BCUT2D eigenvalue weighted by Crippen LogP contribution is 2.21. The summed E-state index contributed by atoms with van der Waals surface area (Å²) in [5.74, 6) is -0.391. The van der Waals surface area contributed by atoms with Gasteiger partial charge in [-0.15, -0.1) is 10.2 Å². The van der Waals surface area contributed by atoms with E-state index in [4.69, 9.17) is 0 Å². The fraction of sp³-hybridized carbons (Fsp3) is 0. The molecule has 0 bridgehead atoms. The molecule has 1 aromatic heterocycles. The first kappa shape index (κ1) is 5.16. The molecule has 1 aromatic rings. The maximum atomic E-state index is 10.7. The minimum Gasteiger partial charge on any atom is -0.263 e. The summed E-state index contributed by atoms with van der Waals surface area (Å²) in [4.78, 5) is 18.1. The average Bonchev–Trinajstić information content (AvgIpc) is 2.34. The summed E-state index contributed by atoms with van der Waals surface area (Å²) >= 11 is 0. The van der Waals surface area contributed by atoms with Gasteiger partial charge in [0.1, 0.15) is 12.0 Å². The highest BCUT2D eigenvalue weighted by molar-refractivity contribution is 5.99. The van der Waals surface area contributed by atoms with Crippen molar-refractivity contribution in [3.63, 3.8) is 0 Å². The van der Waals surface area contributed by atoms with E-state index >= 15 is 0 Å². The molecule has 0 aliphatic carbocycles. The summed E-state index contributed by atoms with van der Waals surface area (Å²) in [6, 6.07) is 0. The van der Waals surface area contributed by atoms with Crippen LogP contribution in [0.25, 0.3) is 0 Å². The molecule has 0 unspecified atom stereocenters. The van der Waals surface area contributed by atoms with Crippen LogP contribution in [0, 0.1) is 0 Å². The summed E-state index contributed by atoms with van der Waals surface area (Å²) in [5.41, 5.74) is 0.738. The van der Waals surface area contributed by atoms with E-state index < -0.39 is 5.91 Å². The predicted octanol–water partition coefficient (Wildman–Crippen LogP) is 0.714. The number of fused-ring (bicyclic) bond motifs is 1.